The monoisotopic (exact) mass is 267 g/mol. The van der Waals surface area contributed by atoms with Gasteiger partial charge >= 0.3 is 0 Å². The molecule has 1 aromatic heterocycles. The molecular weight excluding hydrogens is 246 g/mol. The fourth-order valence-corrected chi connectivity index (χ4v) is 3.00. The number of nitrogens with one attached hydrogen (secondary N) is 2. The highest BCUT2D eigenvalue weighted by atomic mass is 16.5. The number of morpholine rings is 1. The molecule has 0 amide bonds. The minimum absolute atomic E-state index is 0.140. The van der Waals surface area contributed by atoms with E-state index in [4.69, 9.17) is 9.26 Å². The zero-order valence-electron chi connectivity index (χ0n) is 11.1. The highest BCUT2D eigenvalue weighted by molar-refractivity contribution is 5.05. The lowest BCUT2D eigenvalue weighted by Crippen LogP contribution is -2.48. The van der Waals surface area contributed by atoms with Crippen molar-refractivity contribution in [2.75, 3.05) is 39.4 Å². The van der Waals surface area contributed by atoms with Gasteiger partial charge in [-0.25, -0.2) is 0 Å². The van der Waals surface area contributed by atoms with Gasteiger partial charge in [-0.15, -0.1) is 0 Å². The maximum Gasteiger partial charge on any atom is 0.280 e. The van der Waals surface area contributed by atoms with Crippen LogP contribution in [0.1, 0.15) is 24.5 Å². The molecule has 3 heterocycles. The van der Waals surface area contributed by atoms with Crippen molar-refractivity contribution in [1.29, 1.82) is 0 Å². The average molecular weight is 267 g/mol. The highest BCUT2D eigenvalue weighted by Gasteiger charge is 2.27. The molecule has 6 heteroatoms. The van der Waals surface area contributed by atoms with Crippen LogP contribution in [-0.4, -0.2) is 55.5 Å². The molecule has 0 aromatic carbocycles. The second-order valence-electron chi connectivity index (χ2n) is 5.40. The van der Waals surface area contributed by atoms with Crippen molar-refractivity contribution in [3.63, 3.8) is 0 Å². The smallest absolute Gasteiger partial charge is 0.280 e. The maximum atomic E-state index is 11.1. The lowest BCUT2D eigenvalue weighted by molar-refractivity contribution is 0.0314. The summed E-state index contributed by atoms with van der Waals surface area (Å²) in [6.45, 7) is 5.74. The molecule has 0 unspecified atom stereocenters. The molecule has 2 atom stereocenters. The molecule has 0 bridgehead atoms. The van der Waals surface area contributed by atoms with Gasteiger partial charge in [-0.3, -0.25) is 9.69 Å². The van der Waals surface area contributed by atoms with Crippen molar-refractivity contribution in [2.45, 2.75) is 24.8 Å². The van der Waals surface area contributed by atoms with Crippen LogP contribution >= 0.6 is 0 Å². The third-order valence-corrected chi connectivity index (χ3v) is 4.02. The SMILES string of the molecule is O=c1cc([C@H]2CCN[C@@H](CN3CCOCC3)C2)o[nH]1. The first-order valence-corrected chi connectivity index (χ1v) is 7.03. The predicted octanol–water partition coefficient (Wildman–Crippen LogP) is 0.136. The molecule has 2 aliphatic rings. The van der Waals surface area contributed by atoms with E-state index in [1.807, 2.05) is 0 Å². The Morgan fingerprint density at radius 2 is 2.21 bits per heavy atom. The zero-order chi connectivity index (χ0) is 13.1. The Kier molecular flexibility index (Phi) is 4.00. The first-order valence-electron chi connectivity index (χ1n) is 7.03. The van der Waals surface area contributed by atoms with E-state index < -0.39 is 0 Å². The van der Waals surface area contributed by atoms with E-state index >= 15 is 0 Å². The molecular formula is C13H21N3O3. The van der Waals surface area contributed by atoms with Crippen molar-refractivity contribution < 1.29 is 9.26 Å². The molecule has 19 heavy (non-hydrogen) atoms. The maximum absolute atomic E-state index is 11.1. The third-order valence-electron chi connectivity index (χ3n) is 4.02. The Morgan fingerprint density at radius 1 is 1.37 bits per heavy atom. The molecule has 0 spiro atoms. The van der Waals surface area contributed by atoms with Gasteiger partial charge in [-0.2, -0.15) is 5.16 Å². The van der Waals surface area contributed by atoms with Gasteiger partial charge in [0.2, 0.25) is 0 Å². The van der Waals surface area contributed by atoms with Crippen LogP contribution in [-0.2, 0) is 4.74 Å². The van der Waals surface area contributed by atoms with Crippen molar-refractivity contribution >= 4 is 0 Å². The van der Waals surface area contributed by atoms with Gasteiger partial charge < -0.3 is 14.6 Å². The molecule has 1 aromatic rings. The van der Waals surface area contributed by atoms with E-state index in [1.165, 1.54) is 0 Å². The number of hydrogen-bond donors (Lipinski definition) is 2. The highest BCUT2D eigenvalue weighted by Crippen LogP contribution is 2.26. The number of nitrogens with zero attached hydrogens (tertiary/aromatic N) is 1. The first kappa shape index (κ1) is 12.9. The van der Waals surface area contributed by atoms with Crippen molar-refractivity contribution in [3.05, 3.63) is 22.2 Å². The Balaban J connectivity index is 1.56. The van der Waals surface area contributed by atoms with Crippen LogP contribution in [0.15, 0.2) is 15.4 Å². The fourth-order valence-electron chi connectivity index (χ4n) is 3.00. The minimum Gasteiger partial charge on any atom is -0.383 e. The Hall–Kier alpha value is -1.11. The van der Waals surface area contributed by atoms with Crippen LogP contribution in [0.3, 0.4) is 0 Å². The van der Waals surface area contributed by atoms with Gasteiger partial charge in [-0.1, -0.05) is 0 Å². The topological polar surface area (TPSA) is 70.5 Å². The number of ether oxygens (including phenoxy) is 1. The van der Waals surface area contributed by atoms with E-state index in [0.717, 1.165) is 58.0 Å². The Labute approximate surface area is 112 Å². The number of H-pyrrole nitrogens is 1. The van der Waals surface area contributed by atoms with Gasteiger partial charge in [0, 0.05) is 37.7 Å². The predicted molar refractivity (Wildman–Crippen MR) is 70.4 cm³/mol. The average Bonchev–Trinajstić information content (AvgIpc) is 2.87. The Morgan fingerprint density at radius 3 is 2.95 bits per heavy atom. The molecule has 2 saturated heterocycles. The van der Waals surface area contributed by atoms with Crippen LogP contribution in [0.5, 0.6) is 0 Å². The zero-order valence-corrected chi connectivity index (χ0v) is 11.1. The fraction of sp³-hybridized carbons (Fsp3) is 0.769. The molecule has 2 N–H and O–H groups in total. The summed E-state index contributed by atoms with van der Waals surface area (Å²) in [4.78, 5) is 13.6. The summed E-state index contributed by atoms with van der Waals surface area (Å²) in [6, 6.07) is 2.05. The largest absolute Gasteiger partial charge is 0.383 e. The van der Waals surface area contributed by atoms with E-state index in [-0.39, 0.29) is 5.56 Å². The quantitative estimate of drug-likeness (QED) is 0.815. The summed E-state index contributed by atoms with van der Waals surface area (Å²) in [7, 11) is 0. The molecule has 0 saturated carbocycles. The van der Waals surface area contributed by atoms with E-state index in [9.17, 15) is 4.79 Å². The van der Waals surface area contributed by atoms with Crippen LogP contribution < -0.4 is 10.9 Å². The molecule has 3 rings (SSSR count). The minimum atomic E-state index is -0.140. The van der Waals surface area contributed by atoms with Crippen molar-refractivity contribution in [3.8, 4) is 0 Å². The summed E-state index contributed by atoms with van der Waals surface area (Å²) in [5, 5.41) is 5.94. The van der Waals surface area contributed by atoms with Gasteiger partial charge in [0.15, 0.2) is 0 Å². The number of hydrogen-bond acceptors (Lipinski definition) is 5. The molecule has 0 radical (unpaired) electrons. The van der Waals surface area contributed by atoms with Gasteiger partial charge in [0.05, 0.1) is 13.2 Å². The lowest BCUT2D eigenvalue weighted by Gasteiger charge is -2.34. The van der Waals surface area contributed by atoms with E-state index in [1.54, 1.807) is 6.07 Å². The van der Waals surface area contributed by atoms with Crippen LogP contribution in [0.2, 0.25) is 0 Å². The number of piperidine rings is 1. The van der Waals surface area contributed by atoms with Gasteiger partial charge in [0.25, 0.3) is 5.56 Å². The first-order chi connectivity index (χ1) is 9.31. The van der Waals surface area contributed by atoms with E-state index in [2.05, 4.69) is 15.4 Å². The normalized spacial score (nSPS) is 29.5. The van der Waals surface area contributed by atoms with E-state index in [0.29, 0.717) is 12.0 Å². The summed E-state index contributed by atoms with van der Waals surface area (Å²) in [6.07, 6.45) is 2.05. The molecule has 0 aliphatic carbocycles. The molecule has 2 fully saturated rings. The second-order valence-corrected chi connectivity index (χ2v) is 5.40. The molecule has 2 aliphatic heterocycles. The number of aromatic nitrogens is 1. The standard InChI is InChI=1S/C13H21N3O3/c17-13-8-12(19-15-13)10-1-2-14-11(7-10)9-16-3-5-18-6-4-16/h8,10-11,14H,1-7,9H2,(H,15,17)/t10-,11+/m0/s1. The van der Waals surface area contributed by atoms with Crippen LogP contribution in [0.4, 0.5) is 0 Å². The van der Waals surface area contributed by atoms with Crippen molar-refractivity contribution in [2.24, 2.45) is 0 Å². The summed E-state index contributed by atoms with van der Waals surface area (Å²) in [5.41, 5.74) is -0.140. The van der Waals surface area contributed by atoms with Crippen LogP contribution in [0.25, 0.3) is 0 Å². The summed E-state index contributed by atoms with van der Waals surface area (Å²) < 4.78 is 10.6. The van der Waals surface area contributed by atoms with Crippen LogP contribution in [0, 0.1) is 0 Å². The van der Waals surface area contributed by atoms with Crippen molar-refractivity contribution in [1.82, 2.24) is 15.4 Å². The number of aromatic amines is 1. The Bertz CT molecular complexity index is 450. The third kappa shape index (κ3) is 3.26. The number of rotatable bonds is 3. The second kappa shape index (κ2) is 5.90. The molecule has 6 nitrogen and oxygen atoms in total. The molecule has 106 valence electrons. The summed E-state index contributed by atoms with van der Waals surface area (Å²) >= 11 is 0. The van der Waals surface area contributed by atoms with Gasteiger partial charge in [-0.05, 0) is 19.4 Å². The summed E-state index contributed by atoms with van der Waals surface area (Å²) in [5.74, 6) is 1.16. The lowest BCUT2D eigenvalue weighted by atomic mass is 9.90. The van der Waals surface area contributed by atoms with Gasteiger partial charge in [0.1, 0.15) is 5.76 Å².